The molecule has 0 radical (unpaired) electrons. The molecular weight excluding hydrogens is 264 g/mol. The fraction of sp³-hybridized carbons (Fsp3) is 0.462. The van der Waals surface area contributed by atoms with Crippen molar-refractivity contribution >= 4 is 11.6 Å². The van der Waals surface area contributed by atoms with Gasteiger partial charge in [0.15, 0.2) is 11.5 Å². The van der Waals surface area contributed by atoms with Gasteiger partial charge in [-0.05, 0) is 13.3 Å². The van der Waals surface area contributed by atoms with Gasteiger partial charge in [-0.1, -0.05) is 6.92 Å². The highest BCUT2D eigenvalue weighted by atomic mass is 16.6. The molecule has 7 heteroatoms. The first-order valence-corrected chi connectivity index (χ1v) is 6.15. The van der Waals surface area contributed by atoms with Gasteiger partial charge in [0, 0.05) is 12.1 Å². The first-order chi connectivity index (χ1) is 9.44. The first-order valence-electron chi connectivity index (χ1n) is 6.15. The molecule has 1 aromatic rings. The van der Waals surface area contributed by atoms with Crippen LogP contribution in [0.15, 0.2) is 12.1 Å². The minimum Gasteiger partial charge on any atom is -0.493 e. The van der Waals surface area contributed by atoms with Gasteiger partial charge in [-0.25, -0.2) is 0 Å². The average molecular weight is 282 g/mol. The molecule has 0 aromatic heterocycles. The molecule has 0 saturated heterocycles. The van der Waals surface area contributed by atoms with E-state index in [-0.39, 0.29) is 28.8 Å². The Kier molecular flexibility index (Phi) is 5.31. The van der Waals surface area contributed by atoms with E-state index in [4.69, 9.17) is 9.47 Å². The molecule has 1 aromatic carbocycles. The van der Waals surface area contributed by atoms with Gasteiger partial charge in [0.05, 0.1) is 25.2 Å². The van der Waals surface area contributed by atoms with E-state index >= 15 is 0 Å². The summed E-state index contributed by atoms with van der Waals surface area (Å²) in [4.78, 5) is 22.6. The van der Waals surface area contributed by atoms with Crippen molar-refractivity contribution < 1.29 is 19.2 Å². The maximum absolute atomic E-state index is 12.1. The molecule has 1 amide bonds. The maximum Gasteiger partial charge on any atom is 0.286 e. The summed E-state index contributed by atoms with van der Waals surface area (Å²) in [5.41, 5.74) is -0.364. The Labute approximate surface area is 117 Å². The standard InChI is InChI=1S/C13H18N2O5/c1-5-8(2)14-13(16)9-6-11(19-3)12(20-4)7-10(9)15(17)18/h6-8H,5H2,1-4H3,(H,14,16). The number of benzene rings is 1. The quantitative estimate of drug-likeness (QED) is 0.637. The Bertz CT molecular complexity index is 516. The SMILES string of the molecule is CCC(C)NC(=O)c1cc(OC)c(OC)cc1[N+](=O)[O-]. The molecule has 0 aliphatic heterocycles. The lowest BCUT2D eigenvalue weighted by Gasteiger charge is -2.13. The zero-order chi connectivity index (χ0) is 15.3. The Morgan fingerprint density at radius 1 is 1.35 bits per heavy atom. The van der Waals surface area contributed by atoms with Crippen LogP contribution in [0.2, 0.25) is 0 Å². The van der Waals surface area contributed by atoms with E-state index in [1.54, 1.807) is 0 Å². The minimum absolute atomic E-state index is 0.0482. The number of nitro groups is 1. The molecule has 7 nitrogen and oxygen atoms in total. The molecule has 110 valence electrons. The average Bonchev–Trinajstić information content (AvgIpc) is 2.45. The highest BCUT2D eigenvalue weighted by Gasteiger charge is 2.25. The topological polar surface area (TPSA) is 90.7 Å². The van der Waals surface area contributed by atoms with Gasteiger partial charge in [0.1, 0.15) is 5.56 Å². The zero-order valence-electron chi connectivity index (χ0n) is 11.9. The molecular formula is C13H18N2O5. The lowest BCUT2D eigenvalue weighted by Crippen LogP contribution is -2.32. The predicted molar refractivity (Wildman–Crippen MR) is 73.4 cm³/mol. The van der Waals surface area contributed by atoms with Crippen molar-refractivity contribution in [2.75, 3.05) is 14.2 Å². The van der Waals surface area contributed by atoms with Crippen LogP contribution in [0, 0.1) is 10.1 Å². The summed E-state index contributed by atoms with van der Waals surface area (Å²) in [6.45, 7) is 3.73. The van der Waals surface area contributed by atoms with Crippen LogP contribution >= 0.6 is 0 Å². The normalized spacial score (nSPS) is 11.6. The molecule has 1 atom stereocenters. The maximum atomic E-state index is 12.1. The molecule has 1 N–H and O–H groups in total. The van der Waals surface area contributed by atoms with Gasteiger partial charge in [-0.3, -0.25) is 14.9 Å². The van der Waals surface area contributed by atoms with Gasteiger partial charge in [-0.2, -0.15) is 0 Å². The lowest BCUT2D eigenvalue weighted by atomic mass is 10.1. The van der Waals surface area contributed by atoms with E-state index in [1.807, 2.05) is 13.8 Å². The van der Waals surface area contributed by atoms with Crippen LogP contribution in [0.1, 0.15) is 30.6 Å². The van der Waals surface area contributed by atoms with E-state index in [9.17, 15) is 14.9 Å². The second-order valence-corrected chi connectivity index (χ2v) is 4.26. The van der Waals surface area contributed by atoms with Crippen molar-refractivity contribution in [2.24, 2.45) is 0 Å². The van der Waals surface area contributed by atoms with Gasteiger partial charge in [-0.15, -0.1) is 0 Å². The summed E-state index contributed by atoms with van der Waals surface area (Å²) in [6, 6.07) is 2.43. The van der Waals surface area contributed by atoms with E-state index in [1.165, 1.54) is 26.4 Å². The zero-order valence-corrected chi connectivity index (χ0v) is 11.9. The summed E-state index contributed by atoms with van der Waals surface area (Å²) in [7, 11) is 2.78. The number of nitro benzene ring substituents is 1. The number of rotatable bonds is 6. The second-order valence-electron chi connectivity index (χ2n) is 4.26. The molecule has 1 unspecified atom stereocenters. The Balaban J connectivity index is 3.28. The van der Waals surface area contributed by atoms with E-state index < -0.39 is 10.8 Å². The number of hydrogen-bond acceptors (Lipinski definition) is 5. The second kappa shape index (κ2) is 6.74. The van der Waals surface area contributed by atoms with Crippen LogP contribution in [0.4, 0.5) is 5.69 Å². The number of nitrogens with one attached hydrogen (secondary N) is 1. The smallest absolute Gasteiger partial charge is 0.286 e. The number of methoxy groups -OCH3 is 2. The fourth-order valence-corrected chi connectivity index (χ4v) is 1.60. The summed E-state index contributed by atoms with van der Waals surface area (Å²) in [6.07, 6.45) is 0.729. The Morgan fingerprint density at radius 3 is 2.35 bits per heavy atom. The molecule has 0 aliphatic carbocycles. The van der Waals surface area contributed by atoms with Crippen LogP contribution in [-0.4, -0.2) is 31.1 Å². The molecule has 0 bridgehead atoms. The van der Waals surface area contributed by atoms with Crippen molar-refractivity contribution in [3.63, 3.8) is 0 Å². The molecule has 20 heavy (non-hydrogen) atoms. The molecule has 0 spiro atoms. The molecule has 0 heterocycles. The van der Waals surface area contributed by atoms with E-state index in [0.29, 0.717) is 0 Å². The molecule has 1 rings (SSSR count). The predicted octanol–water partition coefficient (Wildman–Crippen LogP) is 2.14. The number of amides is 1. The highest BCUT2D eigenvalue weighted by molar-refractivity contribution is 5.99. The molecule has 0 saturated carbocycles. The summed E-state index contributed by atoms with van der Waals surface area (Å²) < 4.78 is 10.1. The van der Waals surface area contributed by atoms with Gasteiger partial charge in [0.25, 0.3) is 11.6 Å². The number of ether oxygens (including phenoxy) is 2. The summed E-state index contributed by atoms with van der Waals surface area (Å²) in [5, 5.41) is 13.8. The first kappa shape index (κ1) is 15.7. The highest BCUT2D eigenvalue weighted by Crippen LogP contribution is 2.34. The summed E-state index contributed by atoms with van der Waals surface area (Å²) >= 11 is 0. The van der Waals surface area contributed by atoms with Crippen molar-refractivity contribution in [3.8, 4) is 11.5 Å². The third-order valence-electron chi connectivity index (χ3n) is 2.93. The third-order valence-corrected chi connectivity index (χ3v) is 2.93. The van der Waals surface area contributed by atoms with E-state index in [0.717, 1.165) is 6.42 Å². The number of hydrogen-bond donors (Lipinski definition) is 1. The fourth-order valence-electron chi connectivity index (χ4n) is 1.60. The monoisotopic (exact) mass is 282 g/mol. The van der Waals surface area contributed by atoms with Crippen molar-refractivity contribution in [1.29, 1.82) is 0 Å². The van der Waals surface area contributed by atoms with Gasteiger partial charge < -0.3 is 14.8 Å². The largest absolute Gasteiger partial charge is 0.493 e. The molecule has 0 fully saturated rings. The lowest BCUT2D eigenvalue weighted by molar-refractivity contribution is -0.385. The van der Waals surface area contributed by atoms with Crippen molar-refractivity contribution in [2.45, 2.75) is 26.3 Å². The van der Waals surface area contributed by atoms with Crippen molar-refractivity contribution in [1.82, 2.24) is 5.32 Å². The van der Waals surface area contributed by atoms with Crippen LogP contribution in [-0.2, 0) is 0 Å². The number of carbonyl (C=O) groups is 1. The van der Waals surface area contributed by atoms with Crippen LogP contribution in [0.5, 0.6) is 11.5 Å². The van der Waals surface area contributed by atoms with Crippen LogP contribution < -0.4 is 14.8 Å². The Morgan fingerprint density at radius 2 is 1.90 bits per heavy atom. The van der Waals surface area contributed by atoms with E-state index in [2.05, 4.69) is 5.32 Å². The van der Waals surface area contributed by atoms with Gasteiger partial charge >= 0.3 is 0 Å². The Hall–Kier alpha value is -2.31. The van der Waals surface area contributed by atoms with Crippen molar-refractivity contribution in [3.05, 3.63) is 27.8 Å². The summed E-state index contributed by atoms with van der Waals surface area (Å²) in [5.74, 6) is -0.0290. The number of carbonyl (C=O) groups excluding carboxylic acids is 1. The minimum atomic E-state index is -0.618. The third kappa shape index (κ3) is 3.37. The molecule has 0 aliphatic rings. The van der Waals surface area contributed by atoms with Crippen LogP contribution in [0.3, 0.4) is 0 Å². The van der Waals surface area contributed by atoms with Crippen LogP contribution in [0.25, 0.3) is 0 Å². The number of nitrogens with zero attached hydrogens (tertiary/aromatic N) is 1. The van der Waals surface area contributed by atoms with Gasteiger partial charge in [0.2, 0.25) is 0 Å².